The number of rotatable bonds is 5. The van der Waals surface area contributed by atoms with Crippen molar-refractivity contribution in [2.24, 2.45) is 0 Å². The number of aliphatic hydroxyl groups is 1. The quantitative estimate of drug-likeness (QED) is 0.800. The van der Waals surface area contributed by atoms with Gasteiger partial charge < -0.3 is 14.6 Å². The maximum Gasteiger partial charge on any atom is 0.344 e. The number of hydrogen-bond donors (Lipinski definition) is 1. The van der Waals surface area contributed by atoms with E-state index in [4.69, 9.17) is 4.74 Å². The van der Waals surface area contributed by atoms with Crippen molar-refractivity contribution < 1.29 is 23.8 Å². The summed E-state index contributed by atoms with van der Waals surface area (Å²) < 4.78 is 22.8. The van der Waals surface area contributed by atoms with Gasteiger partial charge in [-0.3, -0.25) is 0 Å². The van der Waals surface area contributed by atoms with Crippen LogP contribution in [0.25, 0.3) is 0 Å². The summed E-state index contributed by atoms with van der Waals surface area (Å²) >= 11 is 0. The van der Waals surface area contributed by atoms with Crippen molar-refractivity contribution in [3.05, 3.63) is 29.6 Å². The highest BCUT2D eigenvalue weighted by atomic mass is 19.1. The first-order valence-corrected chi connectivity index (χ1v) is 5.30. The lowest BCUT2D eigenvalue weighted by Crippen LogP contribution is -2.15. The molecule has 0 spiro atoms. The Labute approximate surface area is 99.0 Å². The van der Waals surface area contributed by atoms with E-state index in [-0.39, 0.29) is 19.0 Å². The summed E-state index contributed by atoms with van der Waals surface area (Å²) in [5.74, 6) is -0.702. The minimum atomic E-state index is -0.872. The average Bonchev–Trinajstić information content (AvgIpc) is 2.27. The summed E-state index contributed by atoms with van der Waals surface area (Å²) in [5, 5.41) is 9.43. The van der Waals surface area contributed by atoms with Gasteiger partial charge in [0.1, 0.15) is 11.6 Å². The van der Waals surface area contributed by atoms with E-state index in [9.17, 15) is 14.3 Å². The number of esters is 1. The highest BCUT2D eigenvalue weighted by Gasteiger charge is 2.12. The minimum Gasteiger partial charge on any atom is -0.482 e. The van der Waals surface area contributed by atoms with E-state index in [0.717, 1.165) is 0 Å². The third kappa shape index (κ3) is 4.03. The second kappa shape index (κ2) is 6.20. The first-order valence-electron chi connectivity index (χ1n) is 5.30. The van der Waals surface area contributed by atoms with Gasteiger partial charge in [-0.2, -0.15) is 0 Å². The molecule has 0 unspecified atom stereocenters. The zero-order valence-corrected chi connectivity index (χ0v) is 9.77. The molecule has 0 aliphatic rings. The largest absolute Gasteiger partial charge is 0.482 e. The van der Waals surface area contributed by atoms with E-state index in [1.54, 1.807) is 6.92 Å². The molecular formula is C12H15FO4. The molecule has 0 aliphatic heterocycles. The van der Waals surface area contributed by atoms with Gasteiger partial charge in [-0.25, -0.2) is 9.18 Å². The molecule has 1 N–H and O–H groups in total. The standard InChI is InChI=1S/C12H15FO4/c1-3-16-12(15)7-17-11-5-4-9(13)6-10(11)8(2)14/h4-6,8,14H,3,7H2,1-2H3/t8-/m0/s1. The van der Waals surface area contributed by atoms with Gasteiger partial charge in [0.25, 0.3) is 0 Å². The van der Waals surface area contributed by atoms with Crippen LogP contribution in [0.1, 0.15) is 25.5 Å². The van der Waals surface area contributed by atoms with Crippen molar-refractivity contribution in [3.63, 3.8) is 0 Å². The van der Waals surface area contributed by atoms with Crippen LogP contribution in [0.15, 0.2) is 18.2 Å². The first-order chi connectivity index (χ1) is 8.04. The van der Waals surface area contributed by atoms with Crippen molar-refractivity contribution in [1.82, 2.24) is 0 Å². The summed E-state index contributed by atoms with van der Waals surface area (Å²) in [6.07, 6.45) is -0.872. The summed E-state index contributed by atoms with van der Waals surface area (Å²) in [6.45, 7) is 3.19. The fourth-order valence-corrected chi connectivity index (χ4v) is 1.32. The molecule has 0 saturated carbocycles. The highest BCUT2D eigenvalue weighted by Crippen LogP contribution is 2.25. The number of ether oxygens (including phenoxy) is 2. The maximum absolute atomic E-state index is 13.0. The summed E-state index contributed by atoms with van der Waals surface area (Å²) in [6, 6.07) is 3.74. The van der Waals surface area contributed by atoms with Gasteiger partial charge in [0.15, 0.2) is 6.61 Å². The smallest absolute Gasteiger partial charge is 0.344 e. The molecule has 0 aromatic heterocycles. The lowest BCUT2D eigenvalue weighted by Gasteiger charge is -2.12. The van der Waals surface area contributed by atoms with Crippen LogP contribution in [0, 0.1) is 5.82 Å². The molecule has 0 fully saturated rings. The minimum absolute atomic E-state index is 0.265. The number of hydrogen-bond acceptors (Lipinski definition) is 4. The van der Waals surface area contributed by atoms with Crippen LogP contribution in [-0.4, -0.2) is 24.3 Å². The Bertz CT molecular complexity index is 390. The average molecular weight is 242 g/mol. The molecule has 1 aromatic carbocycles. The lowest BCUT2D eigenvalue weighted by atomic mass is 10.1. The number of aliphatic hydroxyl groups excluding tert-OH is 1. The van der Waals surface area contributed by atoms with Gasteiger partial charge in [0, 0.05) is 5.56 Å². The van der Waals surface area contributed by atoms with Crippen LogP contribution < -0.4 is 4.74 Å². The highest BCUT2D eigenvalue weighted by molar-refractivity contribution is 5.71. The van der Waals surface area contributed by atoms with Crippen LogP contribution in [0.3, 0.4) is 0 Å². The van der Waals surface area contributed by atoms with Crippen LogP contribution in [-0.2, 0) is 9.53 Å². The molecular weight excluding hydrogens is 227 g/mol. The SMILES string of the molecule is CCOC(=O)COc1ccc(F)cc1[C@H](C)O. The van der Waals surface area contributed by atoms with E-state index in [0.29, 0.717) is 5.56 Å². The third-order valence-corrected chi connectivity index (χ3v) is 2.07. The zero-order chi connectivity index (χ0) is 12.8. The first kappa shape index (κ1) is 13.4. The maximum atomic E-state index is 13.0. The molecule has 0 aliphatic carbocycles. The predicted octanol–water partition coefficient (Wildman–Crippen LogP) is 1.82. The molecule has 5 heteroatoms. The van der Waals surface area contributed by atoms with Crippen molar-refractivity contribution in [2.75, 3.05) is 13.2 Å². The zero-order valence-electron chi connectivity index (χ0n) is 9.77. The monoisotopic (exact) mass is 242 g/mol. The molecule has 0 radical (unpaired) electrons. The second-order valence-corrected chi connectivity index (χ2v) is 3.45. The fraction of sp³-hybridized carbons (Fsp3) is 0.417. The summed E-state index contributed by atoms with van der Waals surface area (Å²) in [7, 11) is 0. The Kier molecular flexibility index (Phi) is 4.90. The number of carbonyl (C=O) groups is 1. The molecule has 4 nitrogen and oxygen atoms in total. The van der Waals surface area contributed by atoms with Crippen molar-refractivity contribution in [2.45, 2.75) is 20.0 Å². The van der Waals surface area contributed by atoms with Crippen LogP contribution in [0.2, 0.25) is 0 Å². The Balaban J connectivity index is 2.73. The van der Waals surface area contributed by atoms with E-state index >= 15 is 0 Å². The van der Waals surface area contributed by atoms with Gasteiger partial charge in [0.05, 0.1) is 12.7 Å². The van der Waals surface area contributed by atoms with Gasteiger partial charge in [-0.1, -0.05) is 0 Å². The van der Waals surface area contributed by atoms with Gasteiger partial charge in [-0.15, -0.1) is 0 Å². The number of carbonyl (C=O) groups excluding carboxylic acids is 1. The van der Waals surface area contributed by atoms with E-state index in [1.165, 1.54) is 25.1 Å². The third-order valence-electron chi connectivity index (χ3n) is 2.07. The van der Waals surface area contributed by atoms with Crippen LogP contribution in [0.5, 0.6) is 5.75 Å². The molecule has 0 heterocycles. The van der Waals surface area contributed by atoms with Crippen LogP contribution in [0.4, 0.5) is 4.39 Å². The molecule has 1 rings (SSSR count). The molecule has 0 bridgehead atoms. The summed E-state index contributed by atoms with van der Waals surface area (Å²) in [5.41, 5.74) is 0.300. The van der Waals surface area contributed by atoms with Crippen LogP contribution >= 0.6 is 0 Å². The Morgan fingerprint density at radius 1 is 1.53 bits per heavy atom. The molecule has 0 amide bonds. The predicted molar refractivity (Wildman–Crippen MR) is 59.2 cm³/mol. The normalized spacial score (nSPS) is 12.0. The topological polar surface area (TPSA) is 55.8 Å². The van der Waals surface area contributed by atoms with Crippen molar-refractivity contribution in [1.29, 1.82) is 0 Å². The Morgan fingerprint density at radius 2 is 2.24 bits per heavy atom. The van der Waals surface area contributed by atoms with Gasteiger partial charge >= 0.3 is 5.97 Å². The Morgan fingerprint density at radius 3 is 2.82 bits per heavy atom. The number of benzene rings is 1. The van der Waals surface area contributed by atoms with Crippen molar-refractivity contribution >= 4 is 5.97 Å². The Hall–Kier alpha value is -1.62. The summed E-state index contributed by atoms with van der Waals surface area (Å²) in [4.78, 5) is 11.1. The fourth-order valence-electron chi connectivity index (χ4n) is 1.32. The van der Waals surface area contributed by atoms with E-state index < -0.39 is 17.9 Å². The molecule has 94 valence electrons. The number of halogens is 1. The van der Waals surface area contributed by atoms with Gasteiger partial charge in [0.2, 0.25) is 0 Å². The second-order valence-electron chi connectivity index (χ2n) is 3.45. The van der Waals surface area contributed by atoms with E-state index in [1.807, 2.05) is 0 Å². The van der Waals surface area contributed by atoms with Gasteiger partial charge in [-0.05, 0) is 32.0 Å². The molecule has 1 aromatic rings. The molecule has 1 atom stereocenters. The molecule has 0 saturated heterocycles. The lowest BCUT2D eigenvalue weighted by molar-refractivity contribution is -0.145. The van der Waals surface area contributed by atoms with Crippen molar-refractivity contribution in [3.8, 4) is 5.75 Å². The van der Waals surface area contributed by atoms with E-state index in [2.05, 4.69) is 4.74 Å². The molecule has 17 heavy (non-hydrogen) atoms.